The molecule has 124 valence electrons. The molecule has 0 spiro atoms. The molecule has 0 heterocycles. The first-order valence-corrected chi connectivity index (χ1v) is 7.13. The maximum atomic E-state index is 11.4. The number of carbonyl (C=O) groups is 2. The first-order chi connectivity index (χ1) is 10.2. The van der Waals surface area contributed by atoms with Crippen LogP contribution in [-0.4, -0.2) is 31.6 Å². The topological polar surface area (TPSA) is 93.5 Å². The lowest BCUT2D eigenvalue weighted by Gasteiger charge is -2.07. The van der Waals surface area contributed by atoms with Gasteiger partial charge in [0, 0.05) is 19.5 Å². The molecule has 0 saturated heterocycles. The molecule has 22 heavy (non-hydrogen) atoms. The molecule has 4 N–H and O–H groups in total. The molecule has 7 heteroatoms. The lowest BCUT2D eigenvalue weighted by atomic mass is 10.2. The first kappa shape index (κ1) is 20.2. The van der Waals surface area contributed by atoms with Crippen molar-refractivity contribution in [3.63, 3.8) is 0 Å². The van der Waals surface area contributed by atoms with Crippen LogP contribution < -0.4 is 16.4 Å². The third-order valence-electron chi connectivity index (χ3n) is 2.77. The Kier molecular flexibility index (Phi) is 11.9. The van der Waals surface area contributed by atoms with Crippen molar-refractivity contribution in [3.8, 4) is 0 Å². The Labute approximate surface area is 137 Å². The molecule has 0 unspecified atom stereocenters. The van der Waals surface area contributed by atoms with E-state index in [1.807, 2.05) is 30.3 Å². The number of amides is 2. The van der Waals surface area contributed by atoms with E-state index in [4.69, 9.17) is 10.5 Å². The highest BCUT2D eigenvalue weighted by molar-refractivity contribution is 5.85. The molecule has 1 rings (SSSR count). The van der Waals surface area contributed by atoms with Gasteiger partial charge in [-0.05, 0) is 24.9 Å². The van der Waals surface area contributed by atoms with Crippen LogP contribution >= 0.6 is 12.4 Å². The molecule has 0 saturated carbocycles. The van der Waals surface area contributed by atoms with Crippen molar-refractivity contribution in [2.45, 2.75) is 25.9 Å². The summed E-state index contributed by atoms with van der Waals surface area (Å²) in [5.41, 5.74) is 6.26. The van der Waals surface area contributed by atoms with Crippen LogP contribution in [0.15, 0.2) is 30.3 Å². The second-order valence-electron chi connectivity index (χ2n) is 4.58. The van der Waals surface area contributed by atoms with E-state index >= 15 is 0 Å². The lowest BCUT2D eigenvalue weighted by molar-refractivity contribution is -0.121. The van der Waals surface area contributed by atoms with E-state index in [0.717, 1.165) is 12.0 Å². The highest BCUT2D eigenvalue weighted by Crippen LogP contribution is 2.00. The van der Waals surface area contributed by atoms with Crippen LogP contribution in [0, 0.1) is 0 Å². The summed E-state index contributed by atoms with van der Waals surface area (Å²) < 4.78 is 5.05. The fourth-order valence-corrected chi connectivity index (χ4v) is 1.63. The molecular weight excluding hydrogens is 306 g/mol. The number of ether oxygens (including phenoxy) is 1. The smallest absolute Gasteiger partial charge is 0.407 e. The second-order valence-corrected chi connectivity index (χ2v) is 4.58. The largest absolute Gasteiger partial charge is 0.445 e. The van der Waals surface area contributed by atoms with E-state index < -0.39 is 6.09 Å². The number of nitrogens with two attached hydrogens (primary N) is 1. The Morgan fingerprint density at radius 1 is 1.05 bits per heavy atom. The van der Waals surface area contributed by atoms with Gasteiger partial charge in [-0.2, -0.15) is 0 Å². The monoisotopic (exact) mass is 329 g/mol. The third-order valence-corrected chi connectivity index (χ3v) is 2.77. The zero-order valence-electron chi connectivity index (χ0n) is 12.5. The standard InChI is InChI=1S/C15H23N3O3.ClH/c16-9-5-11-17-14(19)8-4-10-18-15(20)21-12-13-6-2-1-3-7-13;/h1-3,6-7H,4-5,8-12,16H2,(H,17,19)(H,18,20);1H. The number of nitrogens with one attached hydrogen (secondary N) is 2. The van der Waals surface area contributed by atoms with Crippen LogP contribution in [0.4, 0.5) is 4.79 Å². The average molecular weight is 330 g/mol. The Morgan fingerprint density at radius 2 is 1.73 bits per heavy atom. The van der Waals surface area contributed by atoms with Gasteiger partial charge in [-0.1, -0.05) is 30.3 Å². The van der Waals surface area contributed by atoms with E-state index in [1.54, 1.807) is 0 Å². The zero-order valence-corrected chi connectivity index (χ0v) is 13.4. The average Bonchev–Trinajstić information content (AvgIpc) is 2.51. The second kappa shape index (κ2) is 12.9. The number of carbonyl (C=O) groups excluding carboxylic acids is 2. The molecule has 1 aromatic rings. The molecule has 0 aliphatic rings. The molecular formula is C15H24ClN3O3. The minimum atomic E-state index is -0.470. The normalized spacial score (nSPS) is 9.50. The highest BCUT2D eigenvalue weighted by Gasteiger charge is 2.03. The van der Waals surface area contributed by atoms with E-state index in [9.17, 15) is 9.59 Å². The summed E-state index contributed by atoms with van der Waals surface area (Å²) in [5.74, 6) is -0.0251. The van der Waals surface area contributed by atoms with Crippen LogP contribution in [0.1, 0.15) is 24.8 Å². The van der Waals surface area contributed by atoms with Gasteiger partial charge in [0.1, 0.15) is 6.61 Å². The van der Waals surface area contributed by atoms with Crippen molar-refractivity contribution in [2.75, 3.05) is 19.6 Å². The van der Waals surface area contributed by atoms with Gasteiger partial charge in [0.05, 0.1) is 0 Å². The summed E-state index contributed by atoms with van der Waals surface area (Å²) in [6, 6.07) is 9.46. The quantitative estimate of drug-likeness (QED) is 0.600. The summed E-state index contributed by atoms with van der Waals surface area (Å²) >= 11 is 0. The van der Waals surface area contributed by atoms with Crippen molar-refractivity contribution in [1.82, 2.24) is 10.6 Å². The molecule has 2 amide bonds. The maximum Gasteiger partial charge on any atom is 0.407 e. The third kappa shape index (κ3) is 10.0. The summed E-state index contributed by atoms with van der Waals surface area (Å²) in [4.78, 5) is 22.8. The van der Waals surface area contributed by atoms with Gasteiger partial charge in [-0.15, -0.1) is 12.4 Å². The Balaban J connectivity index is 0.00000441. The van der Waals surface area contributed by atoms with Crippen molar-refractivity contribution < 1.29 is 14.3 Å². The fraction of sp³-hybridized carbons (Fsp3) is 0.467. The molecule has 1 aromatic carbocycles. The minimum Gasteiger partial charge on any atom is -0.445 e. The Bertz CT molecular complexity index is 429. The van der Waals surface area contributed by atoms with Gasteiger partial charge in [0.2, 0.25) is 5.91 Å². The molecule has 6 nitrogen and oxygen atoms in total. The van der Waals surface area contributed by atoms with Gasteiger partial charge < -0.3 is 21.1 Å². The summed E-state index contributed by atoms with van der Waals surface area (Å²) in [5, 5.41) is 5.37. The van der Waals surface area contributed by atoms with Gasteiger partial charge in [-0.3, -0.25) is 4.79 Å². The Hall–Kier alpha value is -1.79. The lowest BCUT2D eigenvalue weighted by Crippen LogP contribution is -2.28. The number of hydrogen-bond donors (Lipinski definition) is 3. The number of alkyl carbamates (subject to hydrolysis) is 1. The number of halogens is 1. The number of hydrogen-bond acceptors (Lipinski definition) is 4. The molecule has 0 bridgehead atoms. The van der Waals surface area contributed by atoms with Gasteiger partial charge in [-0.25, -0.2) is 4.79 Å². The summed E-state index contributed by atoms with van der Waals surface area (Å²) in [6.45, 7) is 1.82. The van der Waals surface area contributed by atoms with Crippen molar-refractivity contribution >= 4 is 24.4 Å². The maximum absolute atomic E-state index is 11.4. The minimum absolute atomic E-state index is 0. The number of rotatable bonds is 9. The van der Waals surface area contributed by atoms with Gasteiger partial charge in [0.15, 0.2) is 0 Å². The van der Waals surface area contributed by atoms with Gasteiger partial charge >= 0.3 is 6.09 Å². The molecule has 0 aromatic heterocycles. The van der Waals surface area contributed by atoms with E-state index in [-0.39, 0.29) is 24.9 Å². The first-order valence-electron chi connectivity index (χ1n) is 7.13. The molecule has 0 fully saturated rings. The Morgan fingerprint density at radius 3 is 2.41 bits per heavy atom. The van der Waals surface area contributed by atoms with Crippen LogP contribution in [-0.2, 0) is 16.1 Å². The van der Waals surface area contributed by atoms with Crippen molar-refractivity contribution in [3.05, 3.63) is 35.9 Å². The van der Waals surface area contributed by atoms with Crippen LogP contribution in [0.2, 0.25) is 0 Å². The predicted molar refractivity (Wildman–Crippen MR) is 87.8 cm³/mol. The summed E-state index contributed by atoms with van der Waals surface area (Å²) in [6.07, 6.45) is 1.26. The zero-order chi connectivity index (χ0) is 15.3. The van der Waals surface area contributed by atoms with Crippen molar-refractivity contribution in [2.24, 2.45) is 5.73 Å². The molecule has 0 atom stereocenters. The van der Waals surface area contributed by atoms with E-state index in [2.05, 4.69) is 10.6 Å². The predicted octanol–water partition coefficient (Wildman–Crippen LogP) is 1.58. The van der Waals surface area contributed by atoms with E-state index in [0.29, 0.717) is 32.5 Å². The van der Waals surface area contributed by atoms with E-state index in [1.165, 1.54) is 0 Å². The van der Waals surface area contributed by atoms with Gasteiger partial charge in [0.25, 0.3) is 0 Å². The highest BCUT2D eigenvalue weighted by atomic mass is 35.5. The fourth-order valence-electron chi connectivity index (χ4n) is 1.63. The molecule has 0 aliphatic carbocycles. The molecule has 0 aliphatic heterocycles. The van der Waals surface area contributed by atoms with Crippen LogP contribution in [0.3, 0.4) is 0 Å². The summed E-state index contributed by atoms with van der Waals surface area (Å²) in [7, 11) is 0. The van der Waals surface area contributed by atoms with Crippen LogP contribution in [0.25, 0.3) is 0 Å². The van der Waals surface area contributed by atoms with Crippen LogP contribution in [0.5, 0.6) is 0 Å². The van der Waals surface area contributed by atoms with Crippen molar-refractivity contribution in [1.29, 1.82) is 0 Å². The SMILES string of the molecule is Cl.NCCCNC(=O)CCCNC(=O)OCc1ccccc1. The molecule has 0 radical (unpaired) electrons. The number of benzene rings is 1.